The third-order valence-electron chi connectivity index (χ3n) is 2.35. The van der Waals surface area contributed by atoms with Crippen molar-refractivity contribution in [1.29, 1.82) is 0 Å². The van der Waals surface area contributed by atoms with Crippen LogP contribution in [0, 0.1) is 11.6 Å². The van der Waals surface area contributed by atoms with Crippen LogP contribution < -0.4 is 10.6 Å². The summed E-state index contributed by atoms with van der Waals surface area (Å²) in [6, 6.07) is 3.33. The molecule has 0 atom stereocenters. The molecule has 6 heteroatoms. The van der Waals surface area contributed by atoms with Crippen molar-refractivity contribution in [2.75, 3.05) is 18.5 Å². The molecule has 1 rings (SSSR count). The average molecular weight is 258 g/mol. The third-order valence-corrected chi connectivity index (χ3v) is 2.35. The quantitative estimate of drug-likeness (QED) is 0.745. The Morgan fingerprint density at radius 1 is 1.33 bits per heavy atom. The zero-order valence-corrected chi connectivity index (χ0v) is 10.3. The van der Waals surface area contributed by atoms with E-state index in [0.717, 1.165) is 12.1 Å². The van der Waals surface area contributed by atoms with E-state index in [4.69, 9.17) is 5.11 Å². The van der Waals surface area contributed by atoms with Crippen molar-refractivity contribution in [2.24, 2.45) is 0 Å². The molecule has 0 aliphatic rings. The number of aliphatic hydroxyl groups excluding tert-OH is 1. The summed E-state index contributed by atoms with van der Waals surface area (Å²) in [6.45, 7) is 3.09. The second-order valence-electron chi connectivity index (χ2n) is 4.54. The number of carbonyl (C=O) groups excluding carboxylic acids is 1. The number of para-hydroxylation sites is 1. The van der Waals surface area contributed by atoms with E-state index in [1.807, 2.05) is 0 Å². The van der Waals surface area contributed by atoms with Gasteiger partial charge in [-0.15, -0.1) is 0 Å². The first-order chi connectivity index (χ1) is 8.35. The molecule has 1 amide bonds. The molecule has 18 heavy (non-hydrogen) atoms. The van der Waals surface area contributed by atoms with E-state index in [0.29, 0.717) is 0 Å². The van der Waals surface area contributed by atoms with E-state index in [1.54, 1.807) is 13.8 Å². The number of hydrogen-bond donors (Lipinski definition) is 3. The molecule has 0 radical (unpaired) electrons. The molecule has 0 spiro atoms. The van der Waals surface area contributed by atoms with Crippen molar-refractivity contribution in [1.82, 2.24) is 5.32 Å². The van der Waals surface area contributed by atoms with Crippen molar-refractivity contribution in [3.63, 3.8) is 0 Å². The van der Waals surface area contributed by atoms with Crippen LogP contribution in [-0.2, 0) is 4.79 Å². The number of anilines is 1. The highest BCUT2D eigenvalue weighted by atomic mass is 19.1. The van der Waals surface area contributed by atoms with Crippen LogP contribution >= 0.6 is 0 Å². The molecule has 1 aromatic carbocycles. The average Bonchev–Trinajstić information content (AvgIpc) is 2.32. The summed E-state index contributed by atoms with van der Waals surface area (Å²) in [4.78, 5) is 11.5. The van der Waals surface area contributed by atoms with Crippen molar-refractivity contribution in [3.05, 3.63) is 29.8 Å². The van der Waals surface area contributed by atoms with Gasteiger partial charge in [0.1, 0.15) is 17.3 Å². The number of benzene rings is 1. The van der Waals surface area contributed by atoms with Crippen molar-refractivity contribution >= 4 is 11.6 Å². The molecule has 0 saturated carbocycles. The van der Waals surface area contributed by atoms with E-state index in [-0.39, 0.29) is 13.2 Å². The van der Waals surface area contributed by atoms with Gasteiger partial charge in [0.2, 0.25) is 5.91 Å². The van der Waals surface area contributed by atoms with Gasteiger partial charge in [-0.1, -0.05) is 6.07 Å². The minimum absolute atomic E-state index is 0.151. The molecule has 1 aromatic rings. The summed E-state index contributed by atoms with van der Waals surface area (Å²) in [5.41, 5.74) is -1.10. The molecule has 4 nitrogen and oxygen atoms in total. The van der Waals surface area contributed by atoms with Crippen LogP contribution in [0.4, 0.5) is 14.5 Å². The largest absolute Gasteiger partial charge is 0.394 e. The van der Waals surface area contributed by atoms with Gasteiger partial charge in [0.05, 0.1) is 13.2 Å². The minimum Gasteiger partial charge on any atom is -0.394 e. The maximum atomic E-state index is 13.2. The maximum Gasteiger partial charge on any atom is 0.238 e. The van der Waals surface area contributed by atoms with Crippen molar-refractivity contribution in [3.8, 4) is 0 Å². The highest BCUT2D eigenvalue weighted by molar-refractivity contribution is 5.92. The highest BCUT2D eigenvalue weighted by Crippen LogP contribution is 2.17. The van der Waals surface area contributed by atoms with Crippen LogP contribution in [0.25, 0.3) is 0 Å². The van der Waals surface area contributed by atoms with Gasteiger partial charge in [0.15, 0.2) is 0 Å². The van der Waals surface area contributed by atoms with Gasteiger partial charge in [-0.3, -0.25) is 4.79 Å². The van der Waals surface area contributed by atoms with E-state index in [1.165, 1.54) is 6.07 Å². The summed E-state index contributed by atoms with van der Waals surface area (Å²) < 4.78 is 26.5. The van der Waals surface area contributed by atoms with E-state index >= 15 is 0 Å². The second-order valence-corrected chi connectivity index (χ2v) is 4.54. The normalized spacial score (nSPS) is 11.4. The lowest BCUT2D eigenvalue weighted by atomic mass is 10.1. The Morgan fingerprint density at radius 3 is 2.39 bits per heavy atom. The van der Waals surface area contributed by atoms with Crippen LogP contribution in [0.15, 0.2) is 18.2 Å². The lowest BCUT2D eigenvalue weighted by Crippen LogP contribution is -2.46. The van der Waals surface area contributed by atoms with Gasteiger partial charge in [-0.2, -0.15) is 0 Å². The lowest BCUT2D eigenvalue weighted by Gasteiger charge is -2.23. The SMILES string of the molecule is CC(C)(CO)NCC(=O)Nc1c(F)cccc1F. The van der Waals surface area contributed by atoms with Crippen LogP contribution in [0.5, 0.6) is 0 Å². The number of nitrogens with one attached hydrogen (secondary N) is 2. The molecule has 0 bridgehead atoms. The molecule has 3 N–H and O–H groups in total. The number of aliphatic hydroxyl groups is 1. The van der Waals surface area contributed by atoms with Crippen LogP contribution in [-0.4, -0.2) is 29.7 Å². The predicted octanol–water partition coefficient (Wildman–Crippen LogP) is 1.26. The molecule has 0 fully saturated rings. The van der Waals surface area contributed by atoms with E-state index in [2.05, 4.69) is 10.6 Å². The minimum atomic E-state index is -0.829. The molecule has 0 saturated heterocycles. The Balaban J connectivity index is 2.61. The predicted molar refractivity (Wildman–Crippen MR) is 64.2 cm³/mol. The molecule has 0 aliphatic heterocycles. The lowest BCUT2D eigenvalue weighted by molar-refractivity contribution is -0.115. The summed E-state index contributed by atoms with van der Waals surface area (Å²) in [5, 5.41) is 13.9. The highest BCUT2D eigenvalue weighted by Gasteiger charge is 2.18. The van der Waals surface area contributed by atoms with Crippen LogP contribution in [0.3, 0.4) is 0 Å². The number of carbonyl (C=O) groups is 1. The van der Waals surface area contributed by atoms with Gasteiger partial charge in [0, 0.05) is 5.54 Å². The summed E-state index contributed by atoms with van der Waals surface area (Å²) >= 11 is 0. The summed E-state index contributed by atoms with van der Waals surface area (Å²) in [7, 11) is 0. The van der Waals surface area contributed by atoms with Crippen LogP contribution in [0.1, 0.15) is 13.8 Å². The Morgan fingerprint density at radius 2 is 1.89 bits per heavy atom. The van der Waals surface area contributed by atoms with Crippen molar-refractivity contribution < 1.29 is 18.7 Å². The van der Waals surface area contributed by atoms with Gasteiger partial charge < -0.3 is 15.7 Å². The Labute approximate surface area is 104 Å². The maximum absolute atomic E-state index is 13.2. The third kappa shape index (κ3) is 4.05. The van der Waals surface area contributed by atoms with Gasteiger partial charge >= 0.3 is 0 Å². The first-order valence-electron chi connectivity index (χ1n) is 5.45. The zero-order chi connectivity index (χ0) is 13.8. The number of halogens is 2. The summed E-state index contributed by atoms with van der Waals surface area (Å²) in [6.07, 6.45) is 0. The Hall–Kier alpha value is -1.53. The fraction of sp³-hybridized carbons (Fsp3) is 0.417. The van der Waals surface area contributed by atoms with E-state index in [9.17, 15) is 13.6 Å². The molecule has 0 heterocycles. The van der Waals surface area contributed by atoms with Gasteiger partial charge in [-0.05, 0) is 26.0 Å². The van der Waals surface area contributed by atoms with Gasteiger partial charge in [0.25, 0.3) is 0 Å². The first kappa shape index (κ1) is 14.5. The Bertz CT molecular complexity index is 416. The molecule has 0 aliphatic carbocycles. The van der Waals surface area contributed by atoms with Gasteiger partial charge in [-0.25, -0.2) is 8.78 Å². The summed E-state index contributed by atoms with van der Waals surface area (Å²) in [5.74, 6) is -2.24. The zero-order valence-electron chi connectivity index (χ0n) is 10.3. The molecular weight excluding hydrogens is 242 g/mol. The molecule has 100 valence electrons. The number of hydrogen-bond acceptors (Lipinski definition) is 3. The number of rotatable bonds is 5. The van der Waals surface area contributed by atoms with E-state index < -0.39 is 28.8 Å². The monoisotopic (exact) mass is 258 g/mol. The van der Waals surface area contributed by atoms with Crippen molar-refractivity contribution in [2.45, 2.75) is 19.4 Å². The smallest absolute Gasteiger partial charge is 0.238 e. The van der Waals surface area contributed by atoms with Crippen LogP contribution in [0.2, 0.25) is 0 Å². The Kier molecular flexibility index (Phi) is 4.75. The molecule has 0 aromatic heterocycles. The molecule has 0 unspecified atom stereocenters. The molecular formula is C12H16F2N2O2. The standard InChI is InChI=1S/C12H16F2N2O2/c1-12(2,7-17)15-6-10(18)16-11-8(13)4-3-5-9(11)14/h3-5,15,17H,6-7H2,1-2H3,(H,16,18). The topological polar surface area (TPSA) is 61.4 Å². The fourth-order valence-corrected chi connectivity index (χ4v) is 1.18. The fourth-order valence-electron chi connectivity index (χ4n) is 1.18. The second kappa shape index (κ2) is 5.88. The first-order valence-corrected chi connectivity index (χ1v) is 5.45. The number of amides is 1.